The van der Waals surface area contributed by atoms with Gasteiger partial charge in [-0.2, -0.15) is 0 Å². The molecule has 2 atom stereocenters. The molecule has 0 aromatic heterocycles. The Hall–Kier alpha value is -1.75. The van der Waals surface area contributed by atoms with Crippen molar-refractivity contribution in [2.75, 3.05) is 18.8 Å². The monoisotopic (exact) mass is 342 g/mol. The highest BCUT2D eigenvalue weighted by molar-refractivity contribution is 8.01. The SMILES string of the molecule is C[C@@]12CCC(=O)N1[C@H](C(=O)N1CC=C(c3ccccc3)CC1)CS2. The van der Waals surface area contributed by atoms with E-state index in [1.165, 1.54) is 11.1 Å². The molecule has 1 aromatic carbocycles. The lowest BCUT2D eigenvalue weighted by Crippen LogP contribution is -2.52. The van der Waals surface area contributed by atoms with Crippen LogP contribution in [0.3, 0.4) is 0 Å². The van der Waals surface area contributed by atoms with Gasteiger partial charge in [-0.1, -0.05) is 36.4 Å². The predicted octanol–water partition coefficient (Wildman–Crippen LogP) is 2.76. The second-order valence-corrected chi connectivity index (χ2v) is 8.40. The zero-order valence-corrected chi connectivity index (χ0v) is 14.7. The average molecular weight is 342 g/mol. The Balaban J connectivity index is 1.47. The smallest absolute Gasteiger partial charge is 0.246 e. The van der Waals surface area contributed by atoms with Gasteiger partial charge in [0.05, 0.1) is 4.87 Å². The summed E-state index contributed by atoms with van der Waals surface area (Å²) in [5.74, 6) is 0.982. The summed E-state index contributed by atoms with van der Waals surface area (Å²) in [6.07, 6.45) is 4.47. The van der Waals surface area contributed by atoms with Crippen LogP contribution < -0.4 is 0 Å². The first-order valence-corrected chi connectivity index (χ1v) is 9.56. The standard InChI is InChI=1S/C19H22N2O2S/c1-19-10-7-17(22)21(19)16(13-24-19)18(23)20-11-8-15(9-12-20)14-5-3-2-4-6-14/h2-6,8,16H,7,9-13H2,1H3/t16-,19+/m0/s1. The molecular weight excluding hydrogens is 320 g/mol. The third-order valence-electron chi connectivity index (χ3n) is 5.40. The van der Waals surface area contributed by atoms with E-state index >= 15 is 0 Å². The number of carbonyl (C=O) groups excluding carboxylic acids is 2. The van der Waals surface area contributed by atoms with Gasteiger partial charge in [0, 0.05) is 25.3 Å². The van der Waals surface area contributed by atoms with Gasteiger partial charge in [0.25, 0.3) is 0 Å². The van der Waals surface area contributed by atoms with Crippen LogP contribution in [0.5, 0.6) is 0 Å². The Morgan fingerprint density at radius 1 is 1.25 bits per heavy atom. The summed E-state index contributed by atoms with van der Waals surface area (Å²) in [4.78, 5) is 28.8. The molecule has 0 bridgehead atoms. The first kappa shape index (κ1) is 15.8. The van der Waals surface area contributed by atoms with E-state index in [9.17, 15) is 9.59 Å². The van der Waals surface area contributed by atoms with E-state index in [4.69, 9.17) is 0 Å². The van der Waals surface area contributed by atoms with Gasteiger partial charge in [-0.3, -0.25) is 9.59 Å². The van der Waals surface area contributed by atoms with Crippen LogP contribution >= 0.6 is 11.8 Å². The van der Waals surface area contributed by atoms with Crippen molar-refractivity contribution in [3.05, 3.63) is 42.0 Å². The molecule has 0 spiro atoms. The second-order valence-electron chi connectivity index (χ2n) is 6.90. The number of hydrogen-bond donors (Lipinski definition) is 0. The molecule has 3 aliphatic heterocycles. The molecule has 0 saturated carbocycles. The summed E-state index contributed by atoms with van der Waals surface area (Å²) in [5, 5.41) is 0. The van der Waals surface area contributed by atoms with E-state index in [-0.39, 0.29) is 22.7 Å². The minimum atomic E-state index is -0.276. The molecule has 4 nitrogen and oxygen atoms in total. The topological polar surface area (TPSA) is 40.6 Å². The molecule has 0 N–H and O–H groups in total. The van der Waals surface area contributed by atoms with E-state index < -0.39 is 0 Å². The zero-order chi connectivity index (χ0) is 16.7. The number of benzene rings is 1. The van der Waals surface area contributed by atoms with E-state index in [1.54, 1.807) is 11.8 Å². The van der Waals surface area contributed by atoms with Crippen molar-refractivity contribution in [3.8, 4) is 0 Å². The Labute approximate surface area is 146 Å². The quantitative estimate of drug-likeness (QED) is 0.830. The van der Waals surface area contributed by atoms with Crippen LogP contribution in [-0.4, -0.2) is 51.4 Å². The number of carbonyl (C=O) groups is 2. The number of thioether (sulfide) groups is 1. The maximum atomic E-state index is 13.0. The summed E-state index contributed by atoms with van der Waals surface area (Å²) in [6, 6.07) is 10.1. The number of rotatable bonds is 2. The molecule has 0 radical (unpaired) electrons. The molecule has 3 aliphatic rings. The lowest BCUT2D eigenvalue weighted by molar-refractivity contribution is -0.143. The maximum Gasteiger partial charge on any atom is 0.246 e. The molecule has 5 heteroatoms. The number of fused-ring (bicyclic) bond motifs is 1. The van der Waals surface area contributed by atoms with Crippen LogP contribution in [0.2, 0.25) is 0 Å². The minimum Gasteiger partial charge on any atom is -0.337 e. The molecule has 0 unspecified atom stereocenters. The predicted molar refractivity (Wildman–Crippen MR) is 96.3 cm³/mol. The summed E-state index contributed by atoms with van der Waals surface area (Å²) in [7, 11) is 0. The third kappa shape index (κ3) is 2.55. The second kappa shape index (κ2) is 5.96. The van der Waals surface area contributed by atoms with Crippen molar-refractivity contribution in [2.24, 2.45) is 0 Å². The Kier molecular flexibility index (Phi) is 3.91. The normalized spacial score (nSPS) is 29.6. The van der Waals surface area contributed by atoms with Crippen molar-refractivity contribution in [2.45, 2.75) is 37.1 Å². The lowest BCUT2D eigenvalue weighted by atomic mass is 9.99. The molecule has 2 amide bonds. The molecule has 126 valence electrons. The molecule has 3 heterocycles. The van der Waals surface area contributed by atoms with Gasteiger partial charge in [-0.25, -0.2) is 0 Å². The average Bonchev–Trinajstić information content (AvgIpc) is 3.11. The molecule has 4 rings (SSSR count). The van der Waals surface area contributed by atoms with Crippen LogP contribution in [0.1, 0.15) is 31.7 Å². The van der Waals surface area contributed by atoms with Gasteiger partial charge in [0.15, 0.2) is 0 Å². The fourth-order valence-corrected chi connectivity index (χ4v) is 5.42. The van der Waals surface area contributed by atoms with Crippen molar-refractivity contribution in [1.82, 2.24) is 9.80 Å². The third-order valence-corrected chi connectivity index (χ3v) is 6.90. The van der Waals surface area contributed by atoms with E-state index in [2.05, 4.69) is 25.1 Å². The van der Waals surface area contributed by atoms with Gasteiger partial charge >= 0.3 is 0 Å². The molecule has 0 aliphatic carbocycles. The highest BCUT2D eigenvalue weighted by Gasteiger charge is 2.53. The van der Waals surface area contributed by atoms with E-state index in [1.807, 2.05) is 28.0 Å². The van der Waals surface area contributed by atoms with Gasteiger partial charge in [-0.05, 0) is 30.9 Å². The number of amides is 2. The summed E-state index contributed by atoms with van der Waals surface area (Å²) in [6.45, 7) is 3.47. The van der Waals surface area contributed by atoms with Gasteiger partial charge < -0.3 is 9.80 Å². The lowest BCUT2D eigenvalue weighted by Gasteiger charge is -2.34. The van der Waals surface area contributed by atoms with Crippen LogP contribution in [0.15, 0.2) is 36.4 Å². The Morgan fingerprint density at radius 3 is 2.75 bits per heavy atom. The fraction of sp³-hybridized carbons (Fsp3) is 0.474. The molecule has 24 heavy (non-hydrogen) atoms. The zero-order valence-electron chi connectivity index (χ0n) is 13.9. The first-order chi connectivity index (χ1) is 11.6. The highest BCUT2D eigenvalue weighted by Crippen LogP contribution is 2.47. The Bertz CT molecular complexity index is 703. The van der Waals surface area contributed by atoms with Crippen molar-refractivity contribution in [3.63, 3.8) is 0 Å². The van der Waals surface area contributed by atoms with Crippen molar-refractivity contribution >= 4 is 29.1 Å². The van der Waals surface area contributed by atoms with Crippen molar-refractivity contribution < 1.29 is 9.59 Å². The summed E-state index contributed by atoms with van der Waals surface area (Å²) < 4.78 is 0. The van der Waals surface area contributed by atoms with Gasteiger partial charge in [0.2, 0.25) is 11.8 Å². The van der Waals surface area contributed by atoms with Crippen LogP contribution in [0.4, 0.5) is 0 Å². The maximum absolute atomic E-state index is 13.0. The molecule has 2 saturated heterocycles. The van der Waals surface area contributed by atoms with Gasteiger partial charge in [-0.15, -0.1) is 11.8 Å². The molecule has 2 fully saturated rings. The highest BCUT2D eigenvalue weighted by atomic mass is 32.2. The number of nitrogens with zero attached hydrogens (tertiary/aromatic N) is 2. The Morgan fingerprint density at radius 2 is 2.04 bits per heavy atom. The summed E-state index contributed by atoms with van der Waals surface area (Å²) >= 11 is 1.76. The largest absolute Gasteiger partial charge is 0.337 e. The van der Waals surface area contributed by atoms with Crippen LogP contribution in [-0.2, 0) is 9.59 Å². The summed E-state index contributed by atoms with van der Waals surface area (Å²) in [5.41, 5.74) is 2.55. The van der Waals surface area contributed by atoms with Gasteiger partial charge in [0.1, 0.15) is 6.04 Å². The van der Waals surface area contributed by atoms with Crippen molar-refractivity contribution in [1.29, 1.82) is 0 Å². The van der Waals surface area contributed by atoms with E-state index in [0.29, 0.717) is 13.0 Å². The fourth-order valence-electron chi connectivity index (χ4n) is 4.00. The minimum absolute atomic E-state index is 0.116. The first-order valence-electron chi connectivity index (χ1n) is 8.58. The van der Waals surface area contributed by atoms with Crippen LogP contribution in [0.25, 0.3) is 5.57 Å². The van der Waals surface area contributed by atoms with E-state index in [0.717, 1.165) is 25.1 Å². The molecule has 1 aromatic rings. The molecular formula is C19H22N2O2S. The van der Waals surface area contributed by atoms with Crippen LogP contribution in [0, 0.1) is 0 Å². The number of hydrogen-bond acceptors (Lipinski definition) is 3.